The Labute approximate surface area is 138 Å². The highest BCUT2D eigenvalue weighted by Gasteiger charge is 2.12. The van der Waals surface area contributed by atoms with Crippen LogP contribution >= 0.6 is 0 Å². The lowest BCUT2D eigenvalue weighted by Crippen LogP contribution is -1.99. The van der Waals surface area contributed by atoms with Crippen LogP contribution in [0, 0.1) is 0 Å². The number of aromatic amines is 1. The monoisotopic (exact) mass is 317 g/mol. The molecule has 3 heterocycles. The highest BCUT2D eigenvalue weighted by atomic mass is 15.2. The number of hydrogen-bond donors (Lipinski definition) is 3. The van der Waals surface area contributed by atoms with E-state index >= 15 is 0 Å². The molecule has 4 aromatic rings. The Morgan fingerprint density at radius 1 is 1.08 bits per heavy atom. The minimum atomic E-state index is 0.419. The Morgan fingerprint density at radius 3 is 2.75 bits per heavy atom. The number of nitrogens with two attached hydrogens (primary N) is 1. The summed E-state index contributed by atoms with van der Waals surface area (Å²) in [6.45, 7) is 0.722. The van der Waals surface area contributed by atoms with Crippen molar-refractivity contribution < 1.29 is 0 Å². The molecule has 7 heteroatoms. The number of fused-ring (bicyclic) bond motifs is 1. The minimum absolute atomic E-state index is 0.419. The van der Waals surface area contributed by atoms with Crippen molar-refractivity contribution in [2.45, 2.75) is 6.54 Å². The number of anilines is 2. The zero-order chi connectivity index (χ0) is 16.4. The van der Waals surface area contributed by atoms with E-state index in [2.05, 4.69) is 30.5 Å². The first-order chi connectivity index (χ1) is 11.8. The van der Waals surface area contributed by atoms with E-state index in [0.29, 0.717) is 11.5 Å². The number of benzene rings is 1. The zero-order valence-corrected chi connectivity index (χ0v) is 12.8. The molecule has 0 saturated heterocycles. The molecule has 0 atom stereocenters. The lowest BCUT2D eigenvalue weighted by molar-refractivity contribution is 1.09. The number of pyridine rings is 1. The molecule has 0 bridgehead atoms. The standard InChI is InChI=1S/C17H15N7/c18-16-14-15(23-24-17(14)22-10-21-16)12-3-5-13(6-4-12)20-9-11-2-1-7-19-8-11/h1-8,10,20H,9H2,(H3,18,21,22,23,24). The van der Waals surface area contributed by atoms with Gasteiger partial charge in [0, 0.05) is 30.2 Å². The molecule has 0 aliphatic heterocycles. The average molecular weight is 317 g/mol. The number of rotatable bonds is 4. The van der Waals surface area contributed by atoms with E-state index in [1.165, 1.54) is 6.33 Å². The molecule has 0 aliphatic rings. The van der Waals surface area contributed by atoms with Crippen LogP contribution in [-0.2, 0) is 6.54 Å². The number of aromatic nitrogens is 5. The van der Waals surface area contributed by atoms with Crippen LogP contribution in [0.3, 0.4) is 0 Å². The molecular weight excluding hydrogens is 302 g/mol. The van der Waals surface area contributed by atoms with Crippen molar-refractivity contribution in [2.24, 2.45) is 0 Å². The summed E-state index contributed by atoms with van der Waals surface area (Å²) >= 11 is 0. The molecule has 0 spiro atoms. The Kier molecular flexibility index (Phi) is 3.51. The maximum absolute atomic E-state index is 5.95. The molecule has 0 aliphatic carbocycles. The van der Waals surface area contributed by atoms with Crippen LogP contribution in [0.1, 0.15) is 5.56 Å². The second-order valence-corrected chi connectivity index (χ2v) is 5.35. The number of nitrogen functional groups attached to an aromatic ring is 1. The summed E-state index contributed by atoms with van der Waals surface area (Å²) < 4.78 is 0. The van der Waals surface area contributed by atoms with Crippen LogP contribution in [0.2, 0.25) is 0 Å². The summed E-state index contributed by atoms with van der Waals surface area (Å²) in [5.74, 6) is 0.419. The Hall–Kier alpha value is -3.48. The summed E-state index contributed by atoms with van der Waals surface area (Å²) in [6.07, 6.45) is 5.03. The Balaban J connectivity index is 1.57. The SMILES string of the molecule is Nc1ncnc2[nH]nc(-c3ccc(NCc4cccnc4)cc3)c12. The van der Waals surface area contributed by atoms with Crippen LogP contribution in [-0.4, -0.2) is 25.1 Å². The molecule has 1 aromatic carbocycles. The van der Waals surface area contributed by atoms with Gasteiger partial charge in [0.15, 0.2) is 5.65 Å². The average Bonchev–Trinajstić information content (AvgIpc) is 3.07. The van der Waals surface area contributed by atoms with Crippen LogP contribution in [0.15, 0.2) is 55.1 Å². The molecule has 0 unspecified atom stereocenters. The second kappa shape index (κ2) is 5.96. The molecule has 4 N–H and O–H groups in total. The van der Waals surface area contributed by atoms with Crippen molar-refractivity contribution in [3.63, 3.8) is 0 Å². The van der Waals surface area contributed by atoms with Gasteiger partial charge in [-0.3, -0.25) is 10.1 Å². The lowest BCUT2D eigenvalue weighted by atomic mass is 10.1. The highest BCUT2D eigenvalue weighted by Crippen LogP contribution is 2.29. The topological polar surface area (TPSA) is 105 Å². The van der Waals surface area contributed by atoms with E-state index in [4.69, 9.17) is 5.73 Å². The number of hydrogen-bond acceptors (Lipinski definition) is 6. The van der Waals surface area contributed by atoms with Crippen molar-refractivity contribution in [2.75, 3.05) is 11.1 Å². The second-order valence-electron chi connectivity index (χ2n) is 5.35. The predicted molar refractivity (Wildman–Crippen MR) is 93.1 cm³/mol. The third kappa shape index (κ3) is 2.63. The van der Waals surface area contributed by atoms with Gasteiger partial charge in [0.2, 0.25) is 0 Å². The first-order valence-corrected chi connectivity index (χ1v) is 7.49. The van der Waals surface area contributed by atoms with E-state index < -0.39 is 0 Å². The van der Waals surface area contributed by atoms with Crippen LogP contribution in [0.4, 0.5) is 11.5 Å². The molecular formula is C17H15N7. The van der Waals surface area contributed by atoms with Crippen LogP contribution < -0.4 is 11.1 Å². The summed E-state index contributed by atoms with van der Waals surface area (Å²) in [4.78, 5) is 12.3. The van der Waals surface area contributed by atoms with Gasteiger partial charge in [-0.1, -0.05) is 18.2 Å². The number of H-pyrrole nitrogens is 1. The first-order valence-electron chi connectivity index (χ1n) is 7.49. The molecule has 24 heavy (non-hydrogen) atoms. The quantitative estimate of drug-likeness (QED) is 0.534. The molecule has 0 fully saturated rings. The van der Waals surface area contributed by atoms with Crippen molar-refractivity contribution in [3.05, 3.63) is 60.7 Å². The predicted octanol–water partition coefficient (Wildman–Crippen LogP) is 2.61. The molecule has 7 nitrogen and oxygen atoms in total. The van der Waals surface area contributed by atoms with Crippen molar-refractivity contribution in [3.8, 4) is 11.3 Å². The molecule has 0 amide bonds. The Morgan fingerprint density at radius 2 is 1.96 bits per heavy atom. The fourth-order valence-electron chi connectivity index (χ4n) is 2.54. The third-order valence-electron chi connectivity index (χ3n) is 3.76. The van der Waals surface area contributed by atoms with Crippen LogP contribution in [0.5, 0.6) is 0 Å². The van der Waals surface area contributed by atoms with Gasteiger partial charge in [-0.2, -0.15) is 5.10 Å². The molecule has 3 aromatic heterocycles. The van der Waals surface area contributed by atoms with Gasteiger partial charge in [0.05, 0.1) is 5.39 Å². The molecule has 118 valence electrons. The van der Waals surface area contributed by atoms with E-state index in [9.17, 15) is 0 Å². The lowest BCUT2D eigenvalue weighted by Gasteiger charge is -2.07. The van der Waals surface area contributed by atoms with E-state index in [1.54, 1.807) is 6.20 Å². The zero-order valence-electron chi connectivity index (χ0n) is 12.8. The highest BCUT2D eigenvalue weighted by molar-refractivity contribution is 5.97. The Bertz CT molecular complexity index is 961. The normalized spacial score (nSPS) is 10.8. The van der Waals surface area contributed by atoms with E-state index in [-0.39, 0.29) is 0 Å². The molecule has 0 saturated carbocycles. The first kappa shape index (κ1) is 14.1. The van der Waals surface area contributed by atoms with Gasteiger partial charge in [0.25, 0.3) is 0 Å². The van der Waals surface area contributed by atoms with Crippen molar-refractivity contribution in [1.29, 1.82) is 0 Å². The largest absolute Gasteiger partial charge is 0.383 e. The summed E-state index contributed by atoms with van der Waals surface area (Å²) in [5.41, 5.74) is 10.4. The van der Waals surface area contributed by atoms with Gasteiger partial charge in [-0.05, 0) is 23.8 Å². The summed E-state index contributed by atoms with van der Waals surface area (Å²) in [6, 6.07) is 12.0. The van der Waals surface area contributed by atoms with Gasteiger partial charge >= 0.3 is 0 Å². The summed E-state index contributed by atoms with van der Waals surface area (Å²) in [7, 11) is 0. The molecule has 4 rings (SSSR count). The van der Waals surface area contributed by atoms with Gasteiger partial charge in [-0.25, -0.2) is 9.97 Å². The van der Waals surface area contributed by atoms with Crippen molar-refractivity contribution in [1.82, 2.24) is 25.1 Å². The van der Waals surface area contributed by atoms with Crippen LogP contribution in [0.25, 0.3) is 22.3 Å². The number of nitrogens with zero attached hydrogens (tertiary/aromatic N) is 4. The fraction of sp³-hybridized carbons (Fsp3) is 0.0588. The van der Waals surface area contributed by atoms with Gasteiger partial charge in [-0.15, -0.1) is 0 Å². The maximum atomic E-state index is 5.95. The third-order valence-corrected chi connectivity index (χ3v) is 3.76. The smallest absolute Gasteiger partial charge is 0.161 e. The van der Waals surface area contributed by atoms with Gasteiger partial charge in [0.1, 0.15) is 17.8 Å². The maximum Gasteiger partial charge on any atom is 0.161 e. The number of nitrogens with one attached hydrogen (secondary N) is 2. The minimum Gasteiger partial charge on any atom is -0.383 e. The fourth-order valence-corrected chi connectivity index (χ4v) is 2.54. The van der Waals surface area contributed by atoms with E-state index in [0.717, 1.165) is 34.4 Å². The van der Waals surface area contributed by atoms with Crippen molar-refractivity contribution >= 4 is 22.5 Å². The van der Waals surface area contributed by atoms with Gasteiger partial charge < -0.3 is 11.1 Å². The molecule has 0 radical (unpaired) electrons. The summed E-state index contributed by atoms with van der Waals surface area (Å²) in [5, 5.41) is 11.3. The van der Waals surface area contributed by atoms with E-state index in [1.807, 2.05) is 42.6 Å².